The van der Waals surface area contributed by atoms with Crippen molar-refractivity contribution in [3.8, 4) is 5.75 Å². The minimum Gasteiger partial charge on any atom is -0.481 e. The predicted octanol–water partition coefficient (Wildman–Crippen LogP) is 4.88. The molecule has 1 amide bonds. The van der Waals surface area contributed by atoms with Gasteiger partial charge >= 0.3 is 0 Å². The maximum absolute atomic E-state index is 14.4. The van der Waals surface area contributed by atoms with Crippen molar-refractivity contribution in [1.29, 1.82) is 0 Å². The smallest absolute Gasteiger partial charge is 0.260 e. The summed E-state index contributed by atoms with van der Waals surface area (Å²) < 4.78 is 20.4. The van der Waals surface area contributed by atoms with Gasteiger partial charge in [-0.2, -0.15) is 0 Å². The second-order valence-electron chi connectivity index (χ2n) is 8.14. The van der Waals surface area contributed by atoms with Crippen LogP contribution in [0.3, 0.4) is 0 Å². The van der Waals surface area contributed by atoms with Gasteiger partial charge in [-0.25, -0.2) is 4.39 Å². The summed E-state index contributed by atoms with van der Waals surface area (Å²) in [4.78, 5) is 14.4. The van der Waals surface area contributed by atoms with Crippen LogP contribution in [0.2, 0.25) is 0 Å². The van der Waals surface area contributed by atoms with Crippen LogP contribution in [-0.2, 0) is 17.8 Å². The number of benzene rings is 3. The molecule has 4 nitrogen and oxygen atoms in total. The van der Waals surface area contributed by atoms with Crippen LogP contribution < -0.4 is 10.1 Å². The Morgan fingerprint density at radius 3 is 2.62 bits per heavy atom. The van der Waals surface area contributed by atoms with Crippen LogP contribution in [0.25, 0.3) is 0 Å². The van der Waals surface area contributed by atoms with Crippen LogP contribution in [-0.4, -0.2) is 30.0 Å². The third kappa shape index (κ3) is 4.83. The molecular weight excluding hydrogens is 403 g/mol. The van der Waals surface area contributed by atoms with E-state index in [2.05, 4.69) is 28.4 Å². The monoisotopic (exact) mass is 432 g/mol. The molecule has 0 aliphatic carbocycles. The van der Waals surface area contributed by atoms with Gasteiger partial charge in [-0.15, -0.1) is 0 Å². The van der Waals surface area contributed by atoms with Crippen molar-refractivity contribution in [2.24, 2.45) is 0 Å². The van der Waals surface area contributed by atoms with Gasteiger partial charge < -0.3 is 10.1 Å². The van der Waals surface area contributed by atoms with Crippen LogP contribution in [0, 0.1) is 5.82 Å². The highest BCUT2D eigenvalue weighted by molar-refractivity contribution is 5.80. The number of carbonyl (C=O) groups is 1. The second kappa shape index (κ2) is 9.96. The lowest BCUT2D eigenvalue weighted by Gasteiger charge is -2.38. The summed E-state index contributed by atoms with van der Waals surface area (Å²) in [6.45, 7) is 5.56. The average molecular weight is 433 g/mol. The zero-order valence-corrected chi connectivity index (χ0v) is 18.6. The Morgan fingerprint density at radius 1 is 1.12 bits per heavy atom. The van der Waals surface area contributed by atoms with Gasteiger partial charge in [0.1, 0.15) is 11.6 Å². The van der Waals surface area contributed by atoms with Crippen LogP contribution in [0.1, 0.15) is 42.1 Å². The maximum atomic E-state index is 14.4. The molecule has 0 radical (unpaired) electrons. The number of likely N-dealkylation sites (N-methyl/N-ethyl adjacent to an activating group) is 1. The highest BCUT2D eigenvalue weighted by Gasteiger charge is 2.30. The lowest BCUT2D eigenvalue weighted by molar-refractivity contribution is -0.127. The molecule has 32 heavy (non-hydrogen) atoms. The molecule has 0 saturated carbocycles. The van der Waals surface area contributed by atoms with Crippen LogP contribution in [0.4, 0.5) is 4.39 Å². The number of amides is 1. The van der Waals surface area contributed by atoms with E-state index in [0.29, 0.717) is 24.4 Å². The number of nitrogens with one attached hydrogen (secondary N) is 1. The van der Waals surface area contributed by atoms with E-state index >= 15 is 0 Å². The number of hydrogen-bond donors (Lipinski definition) is 1. The topological polar surface area (TPSA) is 41.6 Å². The van der Waals surface area contributed by atoms with Crippen molar-refractivity contribution in [1.82, 2.24) is 10.2 Å². The van der Waals surface area contributed by atoms with Crippen LogP contribution in [0.5, 0.6) is 5.75 Å². The molecule has 1 aliphatic rings. The summed E-state index contributed by atoms with van der Waals surface area (Å²) in [5.41, 5.74) is 4.23. The summed E-state index contributed by atoms with van der Waals surface area (Å²) >= 11 is 0. The fourth-order valence-electron chi connectivity index (χ4n) is 4.34. The zero-order chi connectivity index (χ0) is 22.5. The highest BCUT2D eigenvalue weighted by atomic mass is 19.1. The van der Waals surface area contributed by atoms with Crippen molar-refractivity contribution in [2.45, 2.75) is 39.0 Å². The summed E-state index contributed by atoms with van der Waals surface area (Å²) in [5, 5.41) is 2.79. The van der Waals surface area contributed by atoms with Gasteiger partial charge in [-0.1, -0.05) is 54.6 Å². The molecule has 0 saturated heterocycles. The fraction of sp³-hybridized carbons (Fsp3) is 0.296. The maximum Gasteiger partial charge on any atom is 0.260 e. The fourth-order valence-corrected chi connectivity index (χ4v) is 4.34. The van der Waals surface area contributed by atoms with E-state index in [4.69, 9.17) is 4.74 Å². The zero-order valence-electron chi connectivity index (χ0n) is 18.6. The molecular formula is C27H29FN2O2. The molecule has 5 heteroatoms. The van der Waals surface area contributed by atoms with Crippen molar-refractivity contribution in [2.75, 3.05) is 13.1 Å². The average Bonchev–Trinajstić information content (AvgIpc) is 2.81. The molecule has 0 bridgehead atoms. The van der Waals surface area contributed by atoms with Gasteiger partial charge in [-0.3, -0.25) is 9.69 Å². The largest absolute Gasteiger partial charge is 0.481 e. The Balaban J connectivity index is 1.68. The van der Waals surface area contributed by atoms with E-state index < -0.39 is 6.10 Å². The first-order valence-electron chi connectivity index (χ1n) is 11.2. The first kappa shape index (κ1) is 22.0. The Morgan fingerprint density at radius 2 is 1.88 bits per heavy atom. The molecule has 166 valence electrons. The summed E-state index contributed by atoms with van der Waals surface area (Å²) in [6, 6.07) is 23.3. The SMILES string of the molecule is CCNC(=O)[C@H](C)Oc1ccc2c(c1)[C@@H](c1ccccc1)N(Cc1ccccc1F)CC2. The molecule has 2 atom stereocenters. The summed E-state index contributed by atoms with van der Waals surface area (Å²) in [7, 11) is 0. The number of ether oxygens (including phenoxy) is 1. The minimum atomic E-state index is -0.582. The van der Waals surface area contributed by atoms with Crippen molar-refractivity contribution < 1.29 is 13.9 Å². The number of fused-ring (bicyclic) bond motifs is 1. The number of hydrogen-bond acceptors (Lipinski definition) is 3. The van der Waals surface area contributed by atoms with E-state index in [-0.39, 0.29) is 17.8 Å². The van der Waals surface area contributed by atoms with Gasteiger partial charge in [0.2, 0.25) is 0 Å². The lowest BCUT2D eigenvalue weighted by atomic mass is 9.87. The molecule has 1 aliphatic heterocycles. The molecule has 1 heterocycles. The molecule has 0 unspecified atom stereocenters. The standard InChI is InChI=1S/C27H29FN2O2/c1-3-29-27(31)19(2)32-23-14-13-20-15-16-30(18-22-11-7-8-12-25(22)28)26(24(20)17-23)21-9-5-4-6-10-21/h4-14,17,19,26H,3,15-16,18H2,1-2H3,(H,29,31)/t19-,26+/m0/s1. The third-order valence-electron chi connectivity index (χ3n) is 5.93. The minimum absolute atomic E-state index is 0.0251. The number of rotatable bonds is 7. The van der Waals surface area contributed by atoms with E-state index in [1.54, 1.807) is 13.0 Å². The van der Waals surface area contributed by atoms with E-state index in [1.807, 2.05) is 49.4 Å². The Bertz CT molecular complexity index is 1070. The number of carbonyl (C=O) groups excluding carboxylic acids is 1. The molecule has 4 rings (SSSR count). The highest BCUT2D eigenvalue weighted by Crippen LogP contribution is 2.38. The van der Waals surface area contributed by atoms with Gasteiger partial charge in [0.25, 0.3) is 5.91 Å². The van der Waals surface area contributed by atoms with E-state index in [9.17, 15) is 9.18 Å². The van der Waals surface area contributed by atoms with Crippen LogP contribution in [0.15, 0.2) is 72.8 Å². The summed E-state index contributed by atoms with van der Waals surface area (Å²) in [5.74, 6) is 0.347. The number of halogens is 1. The third-order valence-corrected chi connectivity index (χ3v) is 5.93. The Labute approximate surface area is 189 Å². The van der Waals surface area contributed by atoms with Gasteiger partial charge in [-0.05, 0) is 55.2 Å². The van der Waals surface area contributed by atoms with Crippen molar-refractivity contribution in [3.63, 3.8) is 0 Å². The van der Waals surface area contributed by atoms with Crippen molar-refractivity contribution >= 4 is 5.91 Å². The quantitative estimate of drug-likeness (QED) is 0.579. The Kier molecular flexibility index (Phi) is 6.86. The second-order valence-corrected chi connectivity index (χ2v) is 8.14. The van der Waals surface area contributed by atoms with E-state index in [1.165, 1.54) is 11.6 Å². The van der Waals surface area contributed by atoms with E-state index in [0.717, 1.165) is 24.1 Å². The van der Waals surface area contributed by atoms with Crippen LogP contribution >= 0.6 is 0 Å². The lowest BCUT2D eigenvalue weighted by Crippen LogP contribution is -2.37. The van der Waals surface area contributed by atoms with Gasteiger partial charge in [0.15, 0.2) is 6.10 Å². The molecule has 1 N–H and O–H groups in total. The van der Waals surface area contributed by atoms with Gasteiger partial charge in [0, 0.05) is 25.2 Å². The normalized spacial score (nSPS) is 16.8. The molecule has 3 aromatic rings. The van der Waals surface area contributed by atoms with Gasteiger partial charge in [0.05, 0.1) is 6.04 Å². The summed E-state index contributed by atoms with van der Waals surface area (Å²) in [6.07, 6.45) is 0.292. The predicted molar refractivity (Wildman–Crippen MR) is 124 cm³/mol. The first-order chi connectivity index (χ1) is 15.6. The molecule has 0 spiro atoms. The molecule has 0 aromatic heterocycles. The van der Waals surface area contributed by atoms with Crippen molar-refractivity contribution in [3.05, 3.63) is 101 Å². The number of nitrogens with zero attached hydrogens (tertiary/aromatic N) is 1. The Hall–Kier alpha value is -3.18. The molecule has 0 fully saturated rings. The molecule has 3 aromatic carbocycles. The first-order valence-corrected chi connectivity index (χ1v) is 11.2.